The topological polar surface area (TPSA) is 95.9 Å². The summed E-state index contributed by atoms with van der Waals surface area (Å²) in [5.41, 5.74) is 4.73. The highest BCUT2D eigenvalue weighted by atomic mass is 16.5. The standard InChI is InChI=1S/C28H36N2O5/c1-4-16-30(17-26(31)32)27(33)19(2)10-9-11-20(3)29-28(34)35-18-25-23-14-7-5-12-21(23)22-13-6-8-15-24(22)25/h5-8,12-15,19-20,25H,4,9-11,16-18H2,1-3H3,(H,29,34)(H,31,32). The quantitative estimate of drug-likeness (QED) is 0.444. The average molecular weight is 481 g/mol. The van der Waals surface area contributed by atoms with Crippen LogP contribution >= 0.6 is 0 Å². The van der Waals surface area contributed by atoms with Crippen molar-refractivity contribution in [3.05, 3.63) is 59.7 Å². The third-order valence-electron chi connectivity index (χ3n) is 6.54. The number of aliphatic carboxylic acids is 1. The lowest BCUT2D eigenvalue weighted by atomic mass is 9.98. The Morgan fingerprint density at radius 1 is 1.00 bits per heavy atom. The summed E-state index contributed by atoms with van der Waals surface area (Å²) in [7, 11) is 0. The van der Waals surface area contributed by atoms with E-state index in [2.05, 4.69) is 29.6 Å². The van der Waals surface area contributed by atoms with Crippen molar-refractivity contribution < 1.29 is 24.2 Å². The molecule has 2 N–H and O–H groups in total. The molecule has 0 saturated heterocycles. The predicted molar refractivity (Wildman–Crippen MR) is 135 cm³/mol. The molecule has 35 heavy (non-hydrogen) atoms. The predicted octanol–water partition coefficient (Wildman–Crippen LogP) is 5.04. The van der Waals surface area contributed by atoms with Gasteiger partial charge in [-0.2, -0.15) is 0 Å². The van der Waals surface area contributed by atoms with E-state index in [1.807, 2.05) is 45.0 Å². The third-order valence-corrected chi connectivity index (χ3v) is 6.54. The molecule has 1 aliphatic carbocycles. The van der Waals surface area contributed by atoms with Crippen LogP contribution in [0.4, 0.5) is 4.79 Å². The zero-order valence-corrected chi connectivity index (χ0v) is 20.8. The molecule has 0 spiro atoms. The maximum Gasteiger partial charge on any atom is 0.407 e. The van der Waals surface area contributed by atoms with Gasteiger partial charge in [0.05, 0.1) is 0 Å². The van der Waals surface area contributed by atoms with Crippen LogP contribution in [-0.2, 0) is 14.3 Å². The molecule has 0 aliphatic heterocycles. The van der Waals surface area contributed by atoms with Gasteiger partial charge in [-0.15, -0.1) is 0 Å². The van der Waals surface area contributed by atoms with E-state index in [9.17, 15) is 14.4 Å². The zero-order chi connectivity index (χ0) is 25.4. The fraction of sp³-hybridized carbons (Fsp3) is 0.464. The number of hydrogen-bond acceptors (Lipinski definition) is 4. The Bertz CT molecular complexity index is 992. The van der Waals surface area contributed by atoms with Crippen molar-refractivity contribution in [2.45, 2.75) is 58.4 Å². The molecule has 0 radical (unpaired) electrons. The van der Waals surface area contributed by atoms with Gasteiger partial charge in [0.1, 0.15) is 13.2 Å². The molecule has 0 saturated carbocycles. The Hall–Kier alpha value is -3.35. The molecule has 0 heterocycles. The van der Waals surface area contributed by atoms with E-state index in [1.165, 1.54) is 27.2 Å². The van der Waals surface area contributed by atoms with Crippen LogP contribution in [-0.4, -0.2) is 53.7 Å². The highest BCUT2D eigenvalue weighted by molar-refractivity contribution is 5.83. The second-order valence-electron chi connectivity index (χ2n) is 9.36. The Labute approximate surface area is 207 Å². The normalized spacial score (nSPS) is 13.9. The molecular weight excluding hydrogens is 444 g/mol. The SMILES string of the molecule is CCCN(CC(=O)O)C(=O)C(C)CCCC(C)NC(=O)OCC1c2ccccc2-c2ccccc21. The van der Waals surface area contributed by atoms with Crippen molar-refractivity contribution in [3.63, 3.8) is 0 Å². The Morgan fingerprint density at radius 3 is 2.17 bits per heavy atom. The van der Waals surface area contributed by atoms with E-state index < -0.39 is 12.1 Å². The zero-order valence-electron chi connectivity index (χ0n) is 20.8. The largest absolute Gasteiger partial charge is 0.480 e. The molecule has 2 aromatic carbocycles. The molecule has 2 amide bonds. The first-order chi connectivity index (χ1) is 16.8. The minimum absolute atomic E-state index is 0.0205. The molecular formula is C28H36N2O5. The van der Waals surface area contributed by atoms with Crippen molar-refractivity contribution in [1.29, 1.82) is 0 Å². The number of carboxylic acids is 1. The fourth-order valence-electron chi connectivity index (χ4n) is 4.78. The van der Waals surface area contributed by atoms with Crippen LogP contribution in [0.3, 0.4) is 0 Å². The molecule has 7 heteroatoms. The molecule has 188 valence electrons. The van der Waals surface area contributed by atoms with Gasteiger partial charge in [0.25, 0.3) is 0 Å². The maximum atomic E-state index is 12.6. The molecule has 7 nitrogen and oxygen atoms in total. The monoisotopic (exact) mass is 480 g/mol. The number of rotatable bonds is 12. The second kappa shape index (κ2) is 12.4. The van der Waals surface area contributed by atoms with Gasteiger partial charge in [-0.3, -0.25) is 9.59 Å². The van der Waals surface area contributed by atoms with Crippen LogP contribution in [0.15, 0.2) is 48.5 Å². The van der Waals surface area contributed by atoms with Gasteiger partial charge >= 0.3 is 12.1 Å². The van der Waals surface area contributed by atoms with Gasteiger partial charge < -0.3 is 20.1 Å². The molecule has 3 rings (SSSR count). The van der Waals surface area contributed by atoms with Gasteiger partial charge in [-0.25, -0.2) is 4.79 Å². The van der Waals surface area contributed by atoms with Crippen LogP contribution in [0.2, 0.25) is 0 Å². The number of carboxylic acid groups (broad SMARTS) is 1. The minimum atomic E-state index is -1.00. The molecule has 1 aliphatic rings. The van der Waals surface area contributed by atoms with E-state index in [1.54, 1.807) is 0 Å². The van der Waals surface area contributed by atoms with Crippen molar-refractivity contribution in [1.82, 2.24) is 10.2 Å². The van der Waals surface area contributed by atoms with Crippen molar-refractivity contribution in [2.75, 3.05) is 19.7 Å². The highest BCUT2D eigenvalue weighted by Gasteiger charge is 2.29. The number of amides is 2. The molecule has 2 aromatic rings. The Balaban J connectivity index is 1.43. The number of nitrogens with zero attached hydrogens (tertiary/aromatic N) is 1. The van der Waals surface area contributed by atoms with Gasteiger partial charge in [0.15, 0.2) is 0 Å². The lowest BCUT2D eigenvalue weighted by Gasteiger charge is -2.24. The van der Waals surface area contributed by atoms with Crippen molar-refractivity contribution >= 4 is 18.0 Å². The Morgan fingerprint density at radius 2 is 1.60 bits per heavy atom. The van der Waals surface area contributed by atoms with E-state index in [0.29, 0.717) is 25.8 Å². The van der Waals surface area contributed by atoms with E-state index in [0.717, 1.165) is 6.42 Å². The number of hydrogen-bond donors (Lipinski definition) is 2. The van der Waals surface area contributed by atoms with E-state index in [-0.39, 0.29) is 36.9 Å². The minimum Gasteiger partial charge on any atom is -0.480 e. The summed E-state index contributed by atoms with van der Waals surface area (Å²) in [6, 6.07) is 16.3. The summed E-state index contributed by atoms with van der Waals surface area (Å²) >= 11 is 0. The average Bonchev–Trinajstić information content (AvgIpc) is 3.15. The highest BCUT2D eigenvalue weighted by Crippen LogP contribution is 2.44. The first kappa shape index (κ1) is 26.3. The summed E-state index contributed by atoms with van der Waals surface area (Å²) in [5, 5.41) is 11.9. The van der Waals surface area contributed by atoms with Crippen molar-refractivity contribution in [2.24, 2.45) is 5.92 Å². The molecule has 0 bridgehead atoms. The Kier molecular flexibility index (Phi) is 9.29. The van der Waals surface area contributed by atoms with Crippen LogP contribution in [0.5, 0.6) is 0 Å². The van der Waals surface area contributed by atoms with Gasteiger partial charge in [-0.05, 0) is 48.4 Å². The number of carbonyl (C=O) groups is 3. The van der Waals surface area contributed by atoms with Crippen LogP contribution in [0.25, 0.3) is 11.1 Å². The fourth-order valence-corrected chi connectivity index (χ4v) is 4.78. The summed E-state index contributed by atoms with van der Waals surface area (Å²) in [6.07, 6.45) is 2.35. The smallest absolute Gasteiger partial charge is 0.407 e. The number of fused-ring (bicyclic) bond motifs is 3. The van der Waals surface area contributed by atoms with Crippen molar-refractivity contribution in [3.8, 4) is 11.1 Å². The lowest BCUT2D eigenvalue weighted by Crippen LogP contribution is -2.39. The summed E-state index contributed by atoms with van der Waals surface area (Å²) < 4.78 is 5.60. The van der Waals surface area contributed by atoms with Crippen LogP contribution in [0, 0.1) is 5.92 Å². The van der Waals surface area contributed by atoms with E-state index >= 15 is 0 Å². The summed E-state index contributed by atoms with van der Waals surface area (Å²) in [4.78, 5) is 37.5. The number of nitrogens with one attached hydrogen (secondary N) is 1. The molecule has 0 aromatic heterocycles. The second-order valence-corrected chi connectivity index (χ2v) is 9.36. The van der Waals surface area contributed by atoms with Gasteiger partial charge in [0, 0.05) is 24.4 Å². The molecule has 2 unspecified atom stereocenters. The number of alkyl carbamates (subject to hydrolysis) is 1. The summed E-state index contributed by atoms with van der Waals surface area (Å²) in [6.45, 7) is 6.11. The van der Waals surface area contributed by atoms with Crippen LogP contribution in [0.1, 0.15) is 63.5 Å². The lowest BCUT2D eigenvalue weighted by molar-refractivity contribution is -0.146. The first-order valence-electron chi connectivity index (χ1n) is 12.4. The maximum absolute atomic E-state index is 12.6. The third kappa shape index (κ3) is 6.84. The van der Waals surface area contributed by atoms with Crippen LogP contribution < -0.4 is 5.32 Å². The number of benzene rings is 2. The number of ether oxygens (including phenoxy) is 1. The summed E-state index contributed by atoms with van der Waals surface area (Å²) in [5.74, 6) is -1.37. The van der Waals surface area contributed by atoms with Gasteiger partial charge in [0.2, 0.25) is 5.91 Å². The number of carbonyl (C=O) groups excluding carboxylic acids is 2. The van der Waals surface area contributed by atoms with Gasteiger partial charge in [-0.1, -0.05) is 68.8 Å². The van der Waals surface area contributed by atoms with E-state index in [4.69, 9.17) is 9.84 Å². The molecule has 2 atom stereocenters. The molecule has 0 fully saturated rings. The first-order valence-corrected chi connectivity index (χ1v) is 12.4.